The van der Waals surface area contributed by atoms with Crippen LogP contribution in [-0.2, 0) is 21.3 Å². The molecule has 0 aromatic heterocycles. The zero-order valence-electron chi connectivity index (χ0n) is 29.3. The smallest absolute Gasteiger partial charge is 0.413 e. The van der Waals surface area contributed by atoms with E-state index < -0.39 is 23.0 Å². The number of fused-ring (bicyclic) bond motifs is 3. The van der Waals surface area contributed by atoms with Gasteiger partial charge in [-0.2, -0.15) is 0 Å². The zero-order chi connectivity index (χ0) is 38.6. The topological polar surface area (TPSA) is 92.5 Å². The summed E-state index contributed by atoms with van der Waals surface area (Å²) in [4.78, 5) is 0. The summed E-state index contributed by atoms with van der Waals surface area (Å²) in [6.45, 7) is 0. The minimum Gasteiger partial charge on any atom is -0.413 e. The molecule has 0 saturated carbocycles. The third kappa shape index (κ3) is 8.90. The van der Waals surface area contributed by atoms with Crippen LogP contribution in [0, 0.1) is 0 Å². The van der Waals surface area contributed by atoms with Gasteiger partial charge in [0.1, 0.15) is 34.5 Å². The molecule has 2 aliphatic rings. The molecule has 0 fully saturated rings. The highest BCUT2D eigenvalue weighted by Gasteiger charge is 2.50. The molecule has 56 heavy (non-hydrogen) atoms. The fourth-order valence-electron chi connectivity index (χ4n) is 5.66. The highest BCUT2D eigenvalue weighted by Crippen LogP contribution is 2.79. The van der Waals surface area contributed by atoms with Crippen molar-refractivity contribution in [3.63, 3.8) is 0 Å². The van der Waals surface area contributed by atoms with Crippen LogP contribution in [-0.4, -0.2) is 0 Å². The van der Waals surface area contributed by atoms with Gasteiger partial charge in [0.05, 0.1) is 0 Å². The Hall–Kier alpha value is -3.27. The Morgan fingerprint density at radius 3 is 1.00 bits per heavy atom. The van der Waals surface area contributed by atoms with Crippen molar-refractivity contribution in [2.24, 2.45) is 13.5 Å². The van der Waals surface area contributed by atoms with Gasteiger partial charge in [-0.1, -0.05) is 162 Å². The van der Waals surface area contributed by atoms with Crippen LogP contribution in [0.2, 0.25) is 0 Å². The quantitative estimate of drug-likeness (QED) is 0.0895. The van der Waals surface area contributed by atoms with E-state index in [1.807, 2.05) is 146 Å². The van der Waals surface area contributed by atoms with Gasteiger partial charge >= 0.3 is 23.0 Å². The molecule has 6 aromatic rings. The molecule has 0 unspecified atom stereocenters. The molecule has 0 bridgehead atoms. The zero-order valence-corrected chi connectivity index (χ0v) is 38.4. The molecule has 2 heterocycles. The van der Waals surface area contributed by atoms with E-state index in [1.54, 1.807) is 0 Å². The van der Waals surface area contributed by atoms with E-state index in [9.17, 15) is 0 Å². The van der Waals surface area contributed by atoms with E-state index in [4.69, 9.17) is 40.7 Å². The fraction of sp³-hybridized carbons (Fsp3) is 0.100. The monoisotopic (exact) mass is 1060 g/mol. The van der Waals surface area contributed by atoms with Gasteiger partial charge in [0.25, 0.3) is 0 Å². The number of rotatable bonds is 12. The Bertz CT molecular complexity index is 2260. The molecule has 0 N–H and O–H groups in total. The number of hydrogen-bond acceptors (Lipinski definition) is 9. The van der Waals surface area contributed by atoms with Crippen LogP contribution in [0.4, 0.5) is 0 Å². The maximum absolute atomic E-state index is 6.98. The predicted octanol–water partition coefficient (Wildman–Crippen LogP) is 15.9. The van der Waals surface area contributed by atoms with Crippen molar-refractivity contribution < 1.29 is 27.1 Å². The van der Waals surface area contributed by atoms with Crippen LogP contribution >= 0.6 is 86.7 Å². The Balaban J connectivity index is 1.43. The second kappa shape index (κ2) is 17.3. The number of para-hydroxylation sites is 2. The van der Waals surface area contributed by atoms with Gasteiger partial charge in [0, 0.05) is 32.4 Å². The molecule has 0 amide bonds. The van der Waals surface area contributed by atoms with Gasteiger partial charge in [-0.3, -0.25) is 0 Å². The van der Waals surface area contributed by atoms with Crippen LogP contribution in [0.5, 0.6) is 34.5 Å². The fourth-order valence-corrected chi connectivity index (χ4v) is 16.3. The van der Waals surface area contributed by atoms with Gasteiger partial charge in [-0.05, 0) is 82.9 Å². The first kappa shape index (κ1) is 39.6. The highest BCUT2D eigenvalue weighted by atomic mass is 79.9. The summed E-state index contributed by atoms with van der Waals surface area (Å²) < 4.78 is 57.7. The summed E-state index contributed by atoms with van der Waals surface area (Å²) in [6.07, 6.45) is 0. The lowest BCUT2D eigenvalue weighted by Crippen LogP contribution is -2.11. The Morgan fingerprint density at radius 2 is 0.679 bits per heavy atom. The van der Waals surface area contributed by atoms with E-state index in [-0.39, 0.29) is 0 Å². The Kier molecular flexibility index (Phi) is 12.2. The Morgan fingerprint density at radius 1 is 0.375 bits per heavy atom. The summed E-state index contributed by atoms with van der Waals surface area (Å²) in [5, 5.41) is 2.69. The van der Waals surface area contributed by atoms with Crippen LogP contribution in [0.15, 0.2) is 159 Å². The summed E-state index contributed by atoms with van der Waals surface area (Å²) >= 11 is 14.2. The van der Waals surface area contributed by atoms with Crippen molar-refractivity contribution in [1.29, 1.82) is 0 Å². The minimum absolute atomic E-state index is 0.463. The van der Waals surface area contributed by atoms with Gasteiger partial charge < -0.3 is 27.1 Å². The SMILES string of the molecule is BrCc1ccc(OP2(Oc3ccc(CBr)cc3)=NP(Oc3ccc(CBr)cc3)(Oc3ccc(CBr)cc3)=NP3(=N2)Oc2ccccc2-c2ccccc2O3)cc1. The maximum atomic E-state index is 6.98. The molecule has 0 saturated heterocycles. The van der Waals surface area contributed by atoms with Crippen LogP contribution in [0.1, 0.15) is 22.3 Å². The lowest BCUT2D eigenvalue weighted by molar-refractivity contribution is 0.445. The number of alkyl halides is 4. The first-order valence-electron chi connectivity index (χ1n) is 17.2. The van der Waals surface area contributed by atoms with Crippen molar-refractivity contribution >= 4 is 86.7 Å². The van der Waals surface area contributed by atoms with Crippen molar-refractivity contribution in [1.82, 2.24) is 0 Å². The molecule has 1 spiro atoms. The molecule has 16 heteroatoms. The lowest BCUT2D eigenvalue weighted by Gasteiger charge is -2.32. The normalized spacial score (nSPS) is 15.5. The van der Waals surface area contributed by atoms with Crippen LogP contribution in [0.25, 0.3) is 11.1 Å². The summed E-state index contributed by atoms with van der Waals surface area (Å²) in [5.41, 5.74) is 5.87. The number of hydrogen-bond donors (Lipinski definition) is 0. The van der Waals surface area contributed by atoms with Crippen molar-refractivity contribution in [2.45, 2.75) is 21.3 Å². The third-order valence-electron chi connectivity index (χ3n) is 8.38. The summed E-state index contributed by atoms with van der Waals surface area (Å²) in [7, 11) is -11.9. The van der Waals surface area contributed by atoms with Gasteiger partial charge in [-0.15, -0.1) is 0 Å². The van der Waals surface area contributed by atoms with Crippen molar-refractivity contribution in [3.05, 3.63) is 168 Å². The standard InChI is InChI=1S/C40H32Br4N3O6P3/c41-25-29-9-17-33(18-10-29)48-54(49-34-19-11-30(26-42)12-20-34)45-55(50-35-21-13-31(27-43)14-22-35,51-36-23-15-32(28-44)16-24-36)47-56(46-54)52-39-7-3-1-5-37(39)38-6-2-4-8-40(38)53-56/h1-24H,25-28H2. The molecule has 286 valence electrons. The average molecular weight is 1060 g/mol. The van der Waals surface area contributed by atoms with Gasteiger partial charge in [0.15, 0.2) is 0 Å². The molecular formula is C40H32Br4N3O6P3. The second-order valence-electron chi connectivity index (χ2n) is 12.4. The first-order valence-corrected chi connectivity index (χ1v) is 26.3. The largest absolute Gasteiger partial charge is 0.460 e. The van der Waals surface area contributed by atoms with E-state index in [2.05, 4.69) is 63.7 Å². The molecule has 2 aliphatic heterocycles. The number of nitrogens with zero attached hydrogens (tertiary/aromatic N) is 3. The second-order valence-corrected chi connectivity index (χ2v) is 20.8. The molecule has 0 atom stereocenters. The third-order valence-corrected chi connectivity index (χ3v) is 19.1. The summed E-state index contributed by atoms with van der Waals surface area (Å²) in [5.74, 6) is 2.88. The van der Waals surface area contributed by atoms with E-state index in [1.165, 1.54) is 0 Å². The maximum Gasteiger partial charge on any atom is 0.460 e. The number of benzene rings is 6. The van der Waals surface area contributed by atoms with Crippen LogP contribution < -0.4 is 27.1 Å². The summed E-state index contributed by atoms with van der Waals surface area (Å²) in [6, 6.07) is 46.0. The molecular weight excluding hydrogens is 1030 g/mol. The molecule has 0 radical (unpaired) electrons. The van der Waals surface area contributed by atoms with Crippen molar-refractivity contribution in [2.75, 3.05) is 0 Å². The van der Waals surface area contributed by atoms with Crippen LogP contribution in [0.3, 0.4) is 0 Å². The number of halogens is 4. The van der Waals surface area contributed by atoms with Gasteiger partial charge in [0.2, 0.25) is 0 Å². The van der Waals surface area contributed by atoms with Gasteiger partial charge in [-0.25, -0.2) is 0 Å². The molecule has 8 rings (SSSR count). The predicted molar refractivity (Wildman–Crippen MR) is 240 cm³/mol. The van der Waals surface area contributed by atoms with E-state index >= 15 is 0 Å². The molecule has 9 nitrogen and oxygen atoms in total. The minimum atomic E-state index is -3.97. The van der Waals surface area contributed by atoms with Crippen molar-refractivity contribution in [3.8, 4) is 45.6 Å². The average Bonchev–Trinajstić information content (AvgIpc) is 3.35. The molecule has 6 aromatic carbocycles. The van der Waals surface area contributed by atoms with E-state index in [0.29, 0.717) is 55.8 Å². The first-order chi connectivity index (χ1) is 27.3. The van der Waals surface area contributed by atoms with E-state index in [0.717, 1.165) is 33.4 Å². The highest BCUT2D eigenvalue weighted by molar-refractivity contribution is 9.09. The molecule has 0 aliphatic carbocycles. The Labute approximate surface area is 359 Å². The lowest BCUT2D eigenvalue weighted by atomic mass is 10.0.